The number of benzene rings is 8. The minimum absolute atomic E-state index is 0.0266. The molecule has 0 bridgehead atoms. The Kier molecular flexibility index (Phi) is 23.5. The number of aromatic amines is 4. The Bertz CT molecular complexity index is 7070. The fraction of sp³-hybridized carbons (Fsp3) is 0.287. The SMILES string of the molecule is C=CC(=O)N1CC(c2nc(C3CN(C)C3)c3cc(-c4c(C)ccc5[nH]ncc45)ccc3n2)C1.C=CC(=O)N1CC(c2nc(CCCN(C)C)c3cc(-c4c(C)ccc5[nH]ncc45)ccc3n2)C1.C=CC(=O)N1CC(c2nc(CCN(C)C)c3cc(-c4c(C)ccc5[nH]ncc45)ccc3n2)C1.C=CC(=O)N1CC(c2ncc3cc(-c4c(C)ccc5[nH]ncc45)ccc3n2)C1. The van der Waals surface area contributed by atoms with E-state index in [1.807, 2.05) is 37.1 Å². The highest BCUT2D eigenvalue weighted by Gasteiger charge is 2.38. The van der Waals surface area contributed by atoms with Crippen LogP contribution in [0.3, 0.4) is 0 Å². The van der Waals surface area contributed by atoms with Crippen LogP contribution in [0.1, 0.15) is 98.6 Å². The molecule has 13 heterocycles. The number of nitrogens with zero attached hydrogens (tertiary/aromatic N) is 19. The maximum atomic E-state index is 11.9. The molecule has 0 atom stereocenters. The second-order valence-electron chi connectivity index (χ2n) is 35.0. The average molecular weight is 1700 g/mol. The van der Waals surface area contributed by atoms with Gasteiger partial charge in [0.2, 0.25) is 23.6 Å². The van der Waals surface area contributed by atoms with Crippen LogP contribution in [0, 0.1) is 27.7 Å². The van der Waals surface area contributed by atoms with Crippen molar-refractivity contribution in [1.82, 2.24) is 115 Å². The number of H-pyrrole nitrogens is 4. The third-order valence-corrected chi connectivity index (χ3v) is 25.6. The van der Waals surface area contributed by atoms with E-state index in [-0.39, 0.29) is 47.3 Å². The molecule has 0 unspecified atom stereocenters. The molecule has 4 N–H and O–H groups in total. The molecule has 27 nitrogen and oxygen atoms in total. The minimum Gasteiger partial charge on any atom is -0.338 e. The first kappa shape index (κ1) is 84.6. The summed E-state index contributed by atoms with van der Waals surface area (Å²) >= 11 is 0. The Hall–Kier alpha value is -14.3. The van der Waals surface area contributed by atoms with Gasteiger partial charge in [0.05, 0.1) is 110 Å². The Labute approximate surface area is 741 Å². The van der Waals surface area contributed by atoms with Crippen LogP contribution in [-0.2, 0) is 32.0 Å². The molecule has 8 aromatic carbocycles. The fourth-order valence-corrected chi connectivity index (χ4v) is 18.3. The summed E-state index contributed by atoms with van der Waals surface area (Å²) in [6.45, 7) is 31.9. The molecule has 646 valence electrons. The van der Waals surface area contributed by atoms with Crippen molar-refractivity contribution >= 4 is 111 Å². The van der Waals surface area contributed by atoms with Gasteiger partial charge in [0.1, 0.15) is 23.3 Å². The van der Waals surface area contributed by atoms with Gasteiger partial charge in [-0.2, -0.15) is 20.4 Å². The van der Waals surface area contributed by atoms with E-state index in [2.05, 4.69) is 265 Å². The van der Waals surface area contributed by atoms with Crippen LogP contribution in [0.25, 0.3) is 132 Å². The average Bonchev–Trinajstić information content (AvgIpc) is 0.939. The van der Waals surface area contributed by atoms with E-state index in [1.165, 1.54) is 68.8 Å². The van der Waals surface area contributed by atoms with Crippen LogP contribution in [0.4, 0.5) is 0 Å². The van der Waals surface area contributed by atoms with Crippen LogP contribution in [0.15, 0.2) is 203 Å². The van der Waals surface area contributed by atoms with Gasteiger partial charge in [0.25, 0.3) is 0 Å². The van der Waals surface area contributed by atoms with Gasteiger partial charge in [0.15, 0.2) is 0 Å². The first-order valence-corrected chi connectivity index (χ1v) is 43.6. The van der Waals surface area contributed by atoms with Crippen molar-refractivity contribution in [1.29, 1.82) is 0 Å². The third kappa shape index (κ3) is 16.8. The molecule has 27 heteroatoms. The Morgan fingerprint density at radius 1 is 0.359 bits per heavy atom. The van der Waals surface area contributed by atoms with Gasteiger partial charge in [-0.25, -0.2) is 39.9 Å². The van der Waals surface area contributed by atoms with Crippen molar-refractivity contribution in [3.8, 4) is 44.5 Å². The van der Waals surface area contributed by atoms with Crippen molar-refractivity contribution < 1.29 is 19.2 Å². The lowest BCUT2D eigenvalue weighted by Crippen LogP contribution is -2.48. The molecule has 0 spiro atoms. The number of hydrogen-bond acceptors (Lipinski definition) is 19. The van der Waals surface area contributed by atoms with Crippen LogP contribution < -0.4 is 0 Å². The smallest absolute Gasteiger partial charge is 0.246 e. The molecule has 5 saturated heterocycles. The van der Waals surface area contributed by atoms with Crippen LogP contribution in [-0.4, -0.2) is 252 Å². The van der Waals surface area contributed by atoms with E-state index in [0.717, 1.165) is 195 Å². The molecule has 8 aromatic heterocycles. The molecule has 0 aliphatic carbocycles. The molecular weight excluding hydrogens is 1600 g/mol. The molecule has 5 fully saturated rings. The van der Waals surface area contributed by atoms with Crippen LogP contribution in [0.2, 0.25) is 0 Å². The number of fused-ring (bicyclic) bond motifs is 8. The lowest BCUT2D eigenvalue weighted by Gasteiger charge is -2.39. The zero-order valence-electron chi connectivity index (χ0n) is 73.7. The van der Waals surface area contributed by atoms with Gasteiger partial charge in [-0.1, -0.05) is 74.8 Å². The van der Waals surface area contributed by atoms with E-state index < -0.39 is 0 Å². The second kappa shape index (κ2) is 35.6. The predicted octanol–water partition coefficient (Wildman–Crippen LogP) is 15.0. The number of carbonyl (C=O) groups is 4. The first-order chi connectivity index (χ1) is 62.0. The lowest BCUT2D eigenvalue weighted by molar-refractivity contribution is -0.131. The third-order valence-electron chi connectivity index (χ3n) is 25.6. The van der Waals surface area contributed by atoms with Crippen molar-refractivity contribution in [2.24, 2.45) is 0 Å². The molecule has 0 saturated carbocycles. The molecule has 128 heavy (non-hydrogen) atoms. The summed E-state index contributed by atoms with van der Waals surface area (Å²) < 4.78 is 0. The van der Waals surface area contributed by atoms with Crippen molar-refractivity contribution in [2.45, 2.75) is 76.5 Å². The predicted molar refractivity (Wildman–Crippen MR) is 505 cm³/mol. The highest BCUT2D eigenvalue weighted by atomic mass is 16.2. The number of hydrogen-bond donors (Lipinski definition) is 4. The minimum atomic E-state index is -0.0366. The standard InChI is InChI=1S/C27H30N6O.C26H26N6O.C26H28N6O.C22H19N5O/c1-5-25(34)33-15-19(16-33)27-29-22(7-6-12-32(3)4)20-13-18(9-11-23(20)30-27)26-17(2)8-10-24-21(26)14-28-31-24;1-4-23(33)32-13-18(14-32)26-28-21-8-6-16(9-19(21)25(29-26)17-11-31(3)12-17)24-15(2)5-7-22-20(24)10-27-30-22;1-5-24(33)32-14-18(15-32)26-28-21-9-7-17(12-19(21)22(29-26)10-11-31(3)4)25-16(2)6-8-23-20(25)13-27-30-23;1-3-20(28)27-11-16(12-27)22-23-9-15-8-14(5-7-18(15)25-22)21-13(2)4-6-19-17(21)10-24-26-19/h5,8-11,13-14,19H,1,6-7,12,15-16H2,2-4H3,(H,28,31);4-10,17-18H,1,11-14H2,2-3H3,(H,27,30);5-9,12-13,18H,1,10-11,14-15H2,2-4H3,(H,27,30);3-10,16H,1,11-12H2,2H3,(H,24,26). The monoisotopic (exact) mass is 1700 g/mol. The van der Waals surface area contributed by atoms with E-state index >= 15 is 0 Å². The van der Waals surface area contributed by atoms with Crippen LogP contribution in [0.5, 0.6) is 0 Å². The highest BCUT2D eigenvalue weighted by Crippen LogP contribution is 2.42. The molecule has 21 rings (SSSR count). The van der Waals surface area contributed by atoms with Gasteiger partial charge in [0, 0.05) is 134 Å². The maximum absolute atomic E-state index is 11.9. The number of likely N-dealkylation sites (tertiary alicyclic amines) is 5. The number of aryl methyl sites for hydroxylation is 5. The number of amides is 4. The van der Waals surface area contributed by atoms with E-state index in [0.29, 0.717) is 58.3 Å². The van der Waals surface area contributed by atoms with Crippen molar-refractivity contribution in [3.05, 3.63) is 266 Å². The van der Waals surface area contributed by atoms with Crippen LogP contribution >= 0.6 is 0 Å². The van der Waals surface area contributed by atoms with Gasteiger partial charge in [-0.3, -0.25) is 39.6 Å². The highest BCUT2D eigenvalue weighted by molar-refractivity contribution is 6.03. The summed E-state index contributed by atoms with van der Waals surface area (Å²) in [7, 11) is 10.5. The van der Waals surface area contributed by atoms with Gasteiger partial charge in [-0.05, 0) is 246 Å². The number of likely N-dealkylation sites (N-methyl/N-ethyl adjacent to an activating group) is 2. The molecule has 5 aliphatic heterocycles. The van der Waals surface area contributed by atoms with Crippen molar-refractivity contribution in [3.63, 3.8) is 0 Å². The number of aromatic nitrogens is 16. The zero-order chi connectivity index (χ0) is 88.9. The number of nitrogens with one attached hydrogen (secondary N) is 4. The Morgan fingerprint density at radius 3 is 1.05 bits per heavy atom. The van der Waals surface area contributed by atoms with Gasteiger partial charge >= 0.3 is 0 Å². The molecule has 16 aromatic rings. The molecule has 0 radical (unpaired) electrons. The fourth-order valence-electron chi connectivity index (χ4n) is 18.3. The van der Waals surface area contributed by atoms with Gasteiger partial charge in [-0.15, -0.1) is 0 Å². The molecule has 5 aliphatic rings. The van der Waals surface area contributed by atoms with E-state index in [9.17, 15) is 19.2 Å². The normalized spacial score (nSPS) is 15.1. The molecule has 4 amide bonds. The Morgan fingerprint density at radius 2 is 0.688 bits per heavy atom. The summed E-state index contributed by atoms with van der Waals surface area (Å²) in [6.07, 6.45) is 17.6. The summed E-state index contributed by atoms with van der Waals surface area (Å²) in [5.74, 6) is 4.27. The summed E-state index contributed by atoms with van der Waals surface area (Å²) in [5.41, 5.74) is 25.3. The maximum Gasteiger partial charge on any atom is 0.246 e. The second-order valence-corrected chi connectivity index (χ2v) is 35.0. The quantitative estimate of drug-likeness (QED) is 0.0515. The Balaban J connectivity index is 0.000000116. The topological polar surface area (TPSA) is 309 Å². The number of rotatable bonds is 20. The van der Waals surface area contributed by atoms with Crippen molar-refractivity contribution in [2.75, 3.05) is 114 Å². The lowest BCUT2D eigenvalue weighted by atomic mass is 9.90. The molecular formula is C101H103N23O4. The largest absolute Gasteiger partial charge is 0.338 e. The zero-order valence-corrected chi connectivity index (χ0v) is 73.7. The van der Waals surface area contributed by atoms with E-state index in [1.54, 1.807) is 19.6 Å². The summed E-state index contributed by atoms with van der Waals surface area (Å²) in [6, 6.07) is 42.5. The van der Waals surface area contributed by atoms with Gasteiger partial charge < -0.3 is 34.3 Å². The van der Waals surface area contributed by atoms with E-state index in [4.69, 9.17) is 34.9 Å². The first-order valence-electron chi connectivity index (χ1n) is 43.6. The number of carbonyl (C=O) groups excluding carboxylic acids is 4. The summed E-state index contributed by atoms with van der Waals surface area (Å²) in [5, 5.41) is 37.9. The summed E-state index contributed by atoms with van der Waals surface area (Å²) in [4.78, 5) is 100.